The molecule has 1 rings (SSSR count). The number of phenols is 1. The zero-order valence-corrected chi connectivity index (χ0v) is 27.3. The van der Waals surface area contributed by atoms with Crippen molar-refractivity contribution in [3.05, 3.63) is 103 Å². The molecule has 0 aliphatic carbocycles. The normalized spacial score (nSPS) is 12.6. The van der Waals surface area contributed by atoms with Crippen LogP contribution in [0.1, 0.15) is 95.3 Å². The number of amides is 1. The molecule has 0 aliphatic rings. The van der Waals surface area contributed by atoms with Gasteiger partial charge in [0.1, 0.15) is 17.9 Å². The van der Waals surface area contributed by atoms with Crippen LogP contribution >= 0.6 is 11.8 Å². The van der Waals surface area contributed by atoms with E-state index in [0.29, 0.717) is 0 Å². The zero-order chi connectivity index (χ0) is 31.4. The van der Waals surface area contributed by atoms with Crippen molar-refractivity contribution in [1.29, 1.82) is 0 Å². The summed E-state index contributed by atoms with van der Waals surface area (Å²) in [5, 5.41) is 12.7. The van der Waals surface area contributed by atoms with Crippen LogP contribution in [-0.4, -0.2) is 40.6 Å². The Morgan fingerprint density at radius 1 is 0.791 bits per heavy atom. The van der Waals surface area contributed by atoms with E-state index in [1.54, 1.807) is 23.9 Å². The van der Waals surface area contributed by atoms with Crippen LogP contribution in [0, 0.1) is 0 Å². The minimum atomic E-state index is -0.603. The van der Waals surface area contributed by atoms with E-state index in [1.165, 1.54) is 12.1 Å². The number of phenolic OH excluding ortho intramolecular Hbond substituents is 1. The number of hydrogen-bond acceptors (Lipinski definition) is 5. The van der Waals surface area contributed by atoms with Crippen LogP contribution in [-0.2, 0) is 9.53 Å². The predicted octanol–water partition coefficient (Wildman–Crippen LogP) is 9.44. The van der Waals surface area contributed by atoms with Crippen LogP contribution in [0.5, 0.6) is 5.75 Å². The van der Waals surface area contributed by atoms with Gasteiger partial charge in [-0.2, -0.15) is 0 Å². The number of para-hydroxylation sites is 1. The van der Waals surface area contributed by atoms with Crippen molar-refractivity contribution >= 4 is 23.6 Å². The van der Waals surface area contributed by atoms with Gasteiger partial charge in [-0.3, -0.25) is 4.79 Å². The molecule has 0 aromatic heterocycles. The summed E-state index contributed by atoms with van der Waals surface area (Å²) in [6, 6.07) is 6.25. The van der Waals surface area contributed by atoms with Crippen molar-refractivity contribution in [2.24, 2.45) is 0 Å². The van der Waals surface area contributed by atoms with Crippen LogP contribution in [0.3, 0.4) is 0 Å². The number of thioether (sulfide) groups is 1. The fourth-order valence-corrected chi connectivity index (χ4v) is 5.46. The van der Waals surface area contributed by atoms with E-state index in [9.17, 15) is 14.7 Å². The molecule has 0 saturated heterocycles. The standard InChI is InChI=1S/C37H53NO4S/c1-4-7-8-9-10-11-12-13-14-15-16-17-18-19-20-21-22-23-24-27-32-43-37(5-2,6-3)36(41)38-30-31-42-35(40)33-28-25-26-29-34(33)39/h7-8,10-11,13-14,16-17,19-20,22-23,25-26,28-29,39H,4-6,9,12,15,18,21,24,27,30-32H2,1-3H3,(H,38,41)/b8-7-,11-10-,14-13-,17-16-,20-19-,23-22-. The molecule has 236 valence electrons. The number of unbranched alkanes of at least 4 members (excludes halogenated alkanes) is 1. The number of ether oxygens (including phenoxy) is 1. The molecule has 0 heterocycles. The number of carbonyl (C=O) groups is 2. The highest BCUT2D eigenvalue weighted by atomic mass is 32.2. The maximum atomic E-state index is 13.0. The quantitative estimate of drug-likeness (QED) is 0.0736. The van der Waals surface area contributed by atoms with Crippen LogP contribution in [0.4, 0.5) is 0 Å². The van der Waals surface area contributed by atoms with Gasteiger partial charge in [-0.1, -0.05) is 106 Å². The van der Waals surface area contributed by atoms with Crippen molar-refractivity contribution < 1.29 is 19.4 Å². The van der Waals surface area contributed by atoms with E-state index >= 15 is 0 Å². The number of nitrogens with one attached hydrogen (secondary N) is 1. The molecule has 1 aromatic carbocycles. The van der Waals surface area contributed by atoms with Crippen LogP contribution in [0.15, 0.2) is 97.2 Å². The lowest BCUT2D eigenvalue weighted by Gasteiger charge is -2.29. The van der Waals surface area contributed by atoms with E-state index in [-0.39, 0.29) is 30.4 Å². The molecular formula is C37H53NO4S. The SMILES string of the molecule is CC/C=C\C/C=C\C/C=C\C/C=C\C/C=C\C/C=C\CCCSC(CC)(CC)C(=O)NCCOC(=O)c1ccccc1O. The average Bonchev–Trinajstić information content (AvgIpc) is 3.02. The minimum Gasteiger partial charge on any atom is -0.507 e. The summed E-state index contributed by atoms with van der Waals surface area (Å²) in [6.07, 6.45) is 36.0. The summed E-state index contributed by atoms with van der Waals surface area (Å²) in [4.78, 5) is 25.1. The molecule has 1 amide bonds. The highest BCUT2D eigenvalue weighted by Crippen LogP contribution is 2.33. The molecule has 1 aromatic rings. The maximum absolute atomic E-state index is 13.0. The van der Waals surface area contributed by atoms with Crippen molar-refractivity contribution in [3.8, 4) is 5.75 Å². The zero-order valence-electron chi connectivity index (χ0n) is 26.5. The van der Waals surface area contributed by atoms with Crippen molar-refractivity contribution in [2.75, 3.05) is 18.9 Å². The summed E-state index contributed by atoms with van der Waals surface area (Å²) < 4.78 is 4.72. The lowest BCUT2D eigenvalue weighted by molar-refractivity contribution is -0.123. The molecule has 0 atom stereocenters. The second-order valence-electron chi connectivity index (χ2n) is 10.0. The first kappa shape index (κ1) is 37.8. The van der Waals surface area contributed by atoms with Gasteiger partial charge in [-0.25, -0.2) is 4.79 Å². The topological polar surface area (TPSA) is 75.6 Å². The first-order valence-corrected chi connectivity index (χ1v) is 16.8. The fraction of sp³-hybridized carbons (Fsp3) is 0.459. The van der Waals surface area contributed by atoms with E-state index < -0.39 is 10.7 Å². The Morgan fingerprint density at radius 2 is 1.30 bits per heavy atom. The Balaban J connectivity index is 2.18. The van der Waals surface area contributed by atoms with Gasteiger partial charge in [-0.15, -0.1) is 11.8 Å². The van der Waals surface area contributed by atoms with Gasteiger partial charge in [0.15, 0.2) is 0 Å². The summed E-state index contributed by atoms with van der Waals surface area (Å²) >= 11 is 1.71. The number of aromatic hydroxyl groups is 1. The predicted molar refractivity (Wildman–Crippen MR) is 185 cm³/mol. The minimum absolute atomic E-state index is 0.0185. The number of benzene rings is 1. The van der Waals surface area contributed by atoms with Crippen LogP contribution < -0.4 is 5.32 Å². The molecule has 5 nitrogen and oxygen atoms in total. The Hall–Kier alpha value is -3.25. The second kappa shape index (κ2) is 25.3. The first-order valence-electron chi connectivity index (χ1n) is 15.8. The number of hydrogen-bond donors (Lipinski definition) is 2. The Morgan fingerprint density at radius 3 is 1.81 bits per heavy atom. The van der Waals surface area contributed by atoms with Crippen LogP contribution in [0.25, 0.3) is 0 Å². The molecule has 0 fully saturated rings. The second-order valence-corrected chi connectivity index (χ2v) is 11.5. The summed E-state index contributed by atoms with van der Waals surface area (Å²) in [7, 11) is 0. The van der Waals surface area contributed by atoms with E-state index in [1.807, 2.05) is 13.8 Å². The molecular weight excluding hydrogens is 554 g/mol. The largest absolute Gasteiger partial charge is 0.507 e. The third-order valence-corrected chi connectivity index (χ3v) is 8.60. The maximum Gasteiger partial charge on any atom is 0.341 e. The van der Waals surface area contributed by atoms with E-state index in [2.05, 4.69) is 85.2 Å². The summed E-state index contributed by atoms with van der Waals surface area (Å²) in [5.74, 6) is 0.167. The fourth-order valence-electron chi connectivity index (χ4n) is 4.14. The van der Waals surface area contributed by atoms with Gasteiger partial charge in [0.05, 0.1) is 11.3 Å². The third kappa shape index (κ3) is 17.5. The molecule has 43 heavy (non-hydrogen) atoms. The third-order valence-electron chi connectivity index (χ3n) is 6.79. The molecule has 6 heteroatoms. The van der Waals surface area contributed by atoms with Gasteiger partial charge < -0.3 is 15.2 Å². The van der Waals surface area contributed by atoms with Gasteiger partial charge in [0.2, 0.25) is 5.91 Å². The Kier molecular flexibility index (Phi) is 22.2. The summed E-state index contributed by atoms with van der Waals surface area (Å²) in [5.41, 5.74) is 0.118. The smallest absolute Gasteiger partial charge is 0.341 e. The number of esters is 1. The van der Waals surface area contributed by atoms with E-state index in [0.717, 1.165) is 70.0 Å². The molecule has 0 spiro atoms. The van der Waals surface area contributed by atoms with Gasteiger partial charge in [-0.05, 0) is 82.1 Å². The Bertz CT molecular complexity index is 1080. The van der Waals surface area contributed by atoms with Gasteiger partial charge >= 0.3 is 5.97 Å². The molecule has 0 bridgehead atoms. The molecule has 0 unspecified atom stereocenters. The lowest BCUT2D eigenvalue weighted by Crippen LogP contribution is -2.45. The molecule has 2 N–H and O–H groups in total. The summed E-state index contributed by atoms with van der Waals surface area (Å²) in [6.45, 7) is 6.52. The number of allylic oxidation sites excluding steroid dienone is 12. The number of carbonyl (C=O) groups excluding carboxylic acids is 2. The highest BCUT2D eigenvalue weighted by Gasteiger charge is 2.34. The lowest BCUT2D eigenvalue weighted by atomic mass is 10.0. The molecule has 0 radical (unpaired) electrons. The van der Waals surface area contributed by atoms with Gasteiger partial charge in [0, 0.05) is 0 Å². The first-order chi connectivity index (χ1) is 21.0. The molecule has 0 aliphatic heterocycles. The van der Waals surface area contributed by atoms with E-state index in [4.69, 9.17) is 4.74 Å². The average molecular weight is 608 g/mol. The van der Waals surface area contributed by atoms with Crippen LogP contribution in [0.2, 0.25) is 0 Å². The monoisotopic (exact) mass is 607 g/mol. The molecule has 0 saturated carbocycles. The Labute approximate surface area is 265 Å². The number of rotatable bonds is 23. The van der Waals surface area contributed by atoms with Crippen molar-refractivity contribution in [2.45, 2.75) is 89.7 Å². The van der Waals surface area contributed by atoms with Crippen molar-refractivity contribution in [1.82, 2.24) is 5.32 Å². The highest BCUT2D eigenvalue weighted by molar-refractivity contribution is 8.01. The van der Waals surface area contributed by atoms with Gasteiger partial charge in [0.25, 0.3) is 0 Å². The van der Waals surface area contributed by atoms with Crippen molar-refractivity contribution in [3.63, 3.8) is 0 Å².